The van der Waals surface area contributed by atoms with Crippen molar-refractivity contribution in [1.82, 2.24) is 4.90 Å². The van der Waals surface area contributed by atoms with Gasteiger partial charge in [0.05, 0.1) is 12.2 Å². The molecular weight excluding hydrogens is 286 g/mol. The maximum Gasteiger partial charge on any atom is 0.238 e. The van der Waals surface area contributed by atoms with Gasteiger partial charge in [-0.15, -0.1) is 0 Å². The van der Waals surface area contributed by atoms with Crippen LogP contribution in [0.2, 0.25) is 0 Å². The number of likely N-dealkylation sites (N-methyl/N-ethyl adjacent to an activating group) is 1. The first-order chi connectivity index (χ1) is 10.5. The van der Waals surface area contributed by atoms with Crippen molar-refractivity contribution in [3.05, 3.63) is 65.7 Å². The van der Waals surface area contributed by atoms with E-state index >= 15 is 0 Å². The normalized spacial score (nSPS) is 12.2. The lowest BCUT2D eigenvalue weighted by molar-refractivity contribution is -0.117. The lowest BCUT2D eigenvalue weighted by atomic mass is 10.1. The topological polar surface area (TPSA) is 32.3 Å². The third-order valence-electron chi connectivity index (χ3n) is 3.56. The summed E-state index contributed by atoms with van der Waals surface area (Å²) in [6.07, 6.45) is 0. The SMILES string of the molecule is CC(c1ccccc1F)N(C)CC(=O)Nc1ccccc1F. The van der Waals surface area contributed by atoms with Gasteiger partial charge in [0, 0.05) is 11.6 Å². The van der Waals surface area contributed by atoms with Crippen molar-refractivity contribution in [3.8, 4) is 0 Å². The number of para-hydroxylation sites is 1. The number of amides is 1. The number of hydrogen-bond donors (Lipinski definition) is 1. The Morgan fingerprint density at radius 3 is 2.32 bits per heavy atom. The molecule has 2 rings (SSSR count). The zero-order valence-electron chi connectivity index (χ0n) is 12.5. The maximum absolute atomic E-state index is 13.8. The smallest absolute Gasteiger partial charge is 0.238 e. The summed E-state index contributed by atoms with van der Waals surface area (Å²) in [5, 5.41) is 2.51. The van der Waals surface area contributed by atoms with Gasteiger partial charge in [-0.25, -0.2) is 8.78 Å². The highest BCUT2D eigenvalue weighted by molar-refractivity contribution is 5.92. The van der Waals surface area contributed by atoms with E-state index in [1.165, 1.54) is 18.2 Å². The molecule has 0 spiro atoms. The number of carbonyl (C=O) groups excluding carboxylic acids is 1. The van der Waals surface area contributed by atoms with E-state index < -0.39 is 5.82 Å². The molecule has 116 valence electrons. The molecule has 0 aliphatic heterocycles. The summed E-state index contributed by atoms with van der Waals surface area (Å²) in [7, 11) is 1.72. The van der Waals surface area contributed by atoms with Crippen LogP contribution in [0.1, 0.15) is 18.5 Å². The largest absolute Gasteiger partial charge is 0.322 e. The minimum Gasteiger partial charge on any atom is -0.322 e. The van der Waals surface area contributed by atoms with E-state index in [0.29, 0.717) is 5.56 Å². The van der Waals surface area contributed by atoms with Gasteiger partial charge in [0.25, 0.3) is 0 Å². The summed E-state index contributed by atoms with van der Waals surface area (Å²) in [4.78, 5) is 13.7. The molecule has 0 saturated heterocycles. The Morgan fingerprint density at radius 2 is 1.68 bits per heavy atom. The predicted octanol–water partition coefficient (Wildman–Crippen LogP) is 3.60. The first-order valence-electron chi connectivity index (χ1n) is 6.98. The average Bonchev–Trinajstić information content (AvgIpc) is 2.49. The molecular formula is C17H18F2N2O. The molecule has 5 heteroatoms. The fourth-order valence-corrected chi connectivity index (χ4v) is 2.17. The summed E-state index contributed by atoms with van der Waals surface area (Å²) in [6.45, 7) is 1.85. The Hall–Kier alpha value is -2.27. The molecule has 2 aromatic carbocycles. The molecule has 0 aliphatic rings. The van der Waals surface area contributed by atoms with Crippen LogP contribution in [-0.2, 0) is 4.79 Å². The zero-order valence-corrected chi connectivity index (χ0v) is 12.5. The molecule has 1 amide bonds. The highest BCUT2D eigenvalue weighted by Crippen LogP contribution is 2.21. The number of nitrogens with zero attached hydrogens (tertiary/aromatic N) is 1. The minimum absolute atomic E-state index is 0.0316. The van der Waals surface area contributed by atoms with Crippen LogP contribution < -0.4 is 5.32 Å². The number of hydrogen-bond acceptors (Lipinski definition) is 2. The molecule has 0 bridgehead atoms. The van der Waals surface area contributed by atoms with Crippen molar-refractivity contribution in [2.24, 2.45) is 0 Å². The lowest BCUT2D eigenvalue weighted by Crippen LogP contribution is -2.32. The fourth-order valence-electron chi connectivity index (χ4n) is 2.17. The molecule has 0 aliphatic carbocycles. The van der Waals surface area contributed by atoms with Crippen molar-refractivity contribution < 1.29 is 13.6 Å². The molecule has 0 radical (unpaired) electrons. The maximum atomic E-state index is 13.8. The highest BCUT2D eigenvalue weighted by Gasteiger charge is 2.18. The second kappa shape index (κ2) is 7.13. The van der Waals surface area contributed by atoms with Gasteiger partial charge in [-0.3, -0.25) is 9.69 Å². The molecule has 3 nitrogen and oxygen atoms in total. The van der Waals surface area contributed by atoms with Crippen molar-refractivity contribution in [2.45, 2.75) is 13.0 Å². The number of carbonyl (C=O) groups is 1. The van der Waals surface area contributed by atoms with E-state index in [-0.39, 0.29) is 30.0 Å². The van der Waals surface area contributed by atoms with Gasteiger partial charge in [-0.1, -0.05) is 30.3 Å². The van der Waals surface area contributed by atoms with Crippen LogP contribution in [0.25, 0.3) is 0 Å². The van der Waals surface area contributed by atoms with E-state index in [4.69, 9.17) is 0 Å². The summed E-state index contributed by atoms with van der Waals surface area (Å²) in [5.41, 5.74) is 0.656. The van der Waals surface area contributed by atoms with Crippen LogP contribution in [0, 0.1) is 11.6 Å². The van der Waals surface area contributed by atoms with Gasteiger partial charge < -0.3 is 5.32 Å². The van der Waals surface area contributed by atoms with E-state index in [1.54, 1.807) is 42.3 Å². The summed E-state index contributed by atoms with van der Waals surface area (Å²) >= 11 is 0. The monoisotopic (exact) mass is 304 g/mol. The first-order valence-corrected chi connectivity index (χ1v) is 6.98. The molecule has 0 heterocycles. The van der Waals surface area contributed by atoms with Crippen LogP contribution in [0.15, 0.2) is 48.5 Å². The molecule has 22 heavy (non-hydrogen) atoms. The van der Waals surface area contributed by atoms with Crippen molar-refractivity contribution in [2.75, 3.05) is 18.9 Å². The quantitative estimate of drug-likeness (QED) is 0.915. The van der Waals surface area contributed by atoms with Gasteiger partial charge in [0.2, 0.25) is 5.91 Å². The van der Waals surface area contributed by atoms with E-state index in [9.17, 15) is 13.6 Å². The zero-order chi connectivity index (χ0) is 16.1. The summed E-state index contributed by atoms with van der Waals surface area (Å²) in [6, 6.07) is 12.1. The van der Waals surface area contributed by atoms with Gasteiger partial charge in [0.1, 0.15) is 11.6 Å². The Morgan fingerprint density at radius 1 is 1.09 bits per heavy atom. The summed E-state index contributed by atoms with van der Waals surface area (Å²) in [5.74, 6) is -1.15. The molecule has 1 unspecified atom stereocenters. The molecule has 0 saturated carbocycles. The van der Waals surface area contributed by atoms with Crippen LogP contribution >= 0.6 is 0 Å². The standard InChI is InChI=1S/C17H18F2N2O/c1-12(13-7-3-4-8-14(13)18)21(2)11-17(22)20-16-10-6-5-9-15(16)19/h3-10,12H,11H2,1-2H3,(H,20,22). The Bertz CT molecular complexity index is 661. The van der Waals surface area contributed by atoms with Gasteiger partial charge in [0.15, 0.2) is 0 Å². The summed E-state index contributed by atoms with van der Waals surface area (Å²) < 4.78 is 27.2. The number of halogens is 2. The lowest BCUT2D eigenvalue weighted by Gasteiger charge is -2.24. The Labute approximate surface area is 128 Å². The number of nitrogens with one attached hydrogen (secondary N) is 1. The molecule has 1 N–H and O–H groups in total. The first kappa shape index (κ1) is 16.1. The second-order valence-corrected chi connectivity index (χ2v) is 5.14. The Kier molecular flexibility index (Phi) is 5.22. The molecule has 0 aromatic heterocycles. The fraction of sp³-hybridized carbons (Fsp3) is 0.235. The van der Waals surface area contributed by atoms with Crippen molar-refractivity contribution in [1.29, 1.82) is 0 Å². The van der Waals surface area contributed by atoms with E-state index in [0.717, 1.165) is 0 Å². The van der Waals surface area contributed by atoms with Crippen LogP contribution in [0.3, 0.4) is 0 Å². The van der Waals surface area contributed by atoms with Crippen LogP contribution in [0.4, 0.5) is 14.5 Å². The highest BCUT2D eigenvalue weighted by atomic mass is 19.1. The van der Waals surface area contributed by atoms with Crippen molar-refractivity contribution in [3.63, 3.8) is 0 Å². The number of rotatable bonds is 5. The molecule has 1 atom stereocenters. The van der Waals surface area contributed by atoms with Crippen LogP contribution in [-0.4, -0.2) is 24.4 Å². The van der Waals surface area contributed by atoms with Gasteiger partial charge >= 0.3 is 0 Å². The average molecular weight is 304 g/mol. The van der Waals surface area contributed by atoms with E-state index in [1.807, 2.05) is 6.92 Å². The number of benzene rings is 2. The molecule has 0 fully saturated rings. The molecule has 2 aromatic rings. The predicted molar refractivity (Wildman–Crippen MR) is 82.5 cm³/mol. The third-order valence-corrected chi connectivity index (χ3v) is 3.56. The van der Waals surface area contributed by atoms with E-state index in [2.05, 4.69) is 5.32 Å². The van der Waals surface area contributed by atoms with Gasteiger partial charge in [-0.2, -0.15) is 0 Å². The van der Waals surface area contributed by atoms with Crippen LogP contribution in [0.5, 0.6) is 0 Å². The second-order valence-electron chi connectivity index (χ2n) is 5.14. The third kappa shape index (κ3) is 3.89. The van der Waals surface area contributed by atoms with Gasteiger partial charge in [-0.05, 0) is 32.2 Å². The Balaban J connectivity index is 1.99. The van der Waals surface area contributed by atoms with Crippen molar-refractivity contribution >= 4 is 11.6 Å². The number of anilines is 1. The minimum atomic E-state index is -0.486.